The fourth-order valence-electron chi connectivity index (χ4n) is 5.28. The molecule has 12 heteroatoms. The number of hydrogen-bond acceptors (Lipinski definition) is 8. The average Bonchev–Trinajstić information content (AvgIpc) is 3.25. The number of anilines is 3. The molecule has 0 spiro atoms. The fraction of sp³-hybridized carbons (Fsp3) is 0.385. The summed E-state index contributed by atoms with van der Waals surface area (Å²) in [6.07, 6.45) is 7.49. The lowest BCUT2D eigenvalue weighted by atomic mass is 10.0. The summed E-state index contributed by atoms with van der Waals surface area (Å²) in [7, 11) is -3.34. The minimum atomic E-state index is -3.34. The zero-order valence-corrected chi connectivity index (χ0v) is 21.8. The van der Waals surface area contributed by atoms with Gasteiger partial charge in [-0.15, -0.1) is 0 Å². The van der Waals surface area contributed by atoms with Crippen LogP contribution < -0.4 is 15.5 Å². The average molecular weight is 536 g/mol. The molecule has 2 N–H and O–H groups in total. The lowest BCUT2D eigenvalue weighted by Crippen LogP contribution is -2.44. The number of aromatic nitrogens is 3. The predicted molar refractivity (Wildman–Crippen MR) is 143 cm³/mol. The Morgan fingerprint density at radius 2 is 1.76 bits per heavy atom. The zero-order chi connectivity index (χ0) is 26.3. The molecule has 198 valence electrons. The standard InChI is InChI=1S/C26H29N7O4S/c1-38(35,36)33-12-10-22-23(16-33)30-24(31-25(22)32-14-20-8-9-21(15-32)37-20)17-4-6-18(7-5-17)28-26(34)29-19-3-2-11-27-13-19/h2-7,11,13,20-21H,8-10,12,14-16H2,1H3,(H2,28,29,34). The van der Waals surface area contributed by atoms with Crippen LogP contribution in [-0.2, 0) is 27.7 Å². The summed E-state index contributed by atoms with van der Waals surface area (Å²) < 4.78 is 32.1. The highest BCUT2D eigenvalue weighted by Gasteiger charge is 2.37. The van der Waals surface area contributed by atoms with E-state index in [-0.39, 0.29) is 24.8 Å². The highest BCUT2D eigenvalue weighted by Crippen LogP contribution is 2.35. The first kappa shape index (κ1) is 24.7. The van der Waals surface area contributed by atoms with Crippen molar-refractivity contribution in [1.29, 1.82) is 0 Å². The van der Waals surface area contributed by atoms with Gasteiger partial charge in [0.2, 0.25) is 10.0 Å². The Hall–Kier alpha value is -3.61. The Morgan fingerprint density at radius 1 is 1.03 bits per heavy atom. The van der Waals surface area contributed by atoms with Crippen molar-refractivity contribution in [2.24, 2.45) is 0 Å². The molecule has 0 radical (unpaired) electrons. The summed E-state index contributed by atoms with van der Waals surface area (Å²) in [4.78, 5) is 28.4. The molecule has 6 rings (SSSR count). The van der Waals surface area contributed by atoms with Crippen molar-refractivity contribution in [3.05, 3.63) is 60.0 Å². The summed E-state index contributed by atoms with van der Waals surface area (Å²) in [6.45, 7) is 2.18. The van der Waals surface area contributed by atoms with Crippen molar-refractivity contribution in [3.63, 3.8) is 0 Å². The molecule has 2 amide bonds. The Balaban J connectivity index is 1.28. The summed E-state index contributed by atoms with van der Waals surface area (Å²) >= 11 is 0. The van der Waals surface area contributed by atoms with Gasteiger partial charge in [0.25, 0.3) is 0 Å². The molecular weight excluding hydrogens is 506 g/mol. The van der Waals surface area contributed by atoms with Gasteiger partial charge in [-0.3, -0.25) is 4.98 Å². The SMILES string of the molecule is CS(=O)(=O)N1CCc2c(nc(-c3ccc(NC(=O)Nc4cccnc4)cc3)nc2N2CC3CCC(C2)O3)C1. The Kier molecular flexibility index (Phi) is 6.46. The molecule has 0 aliphatic carbocycles. The van der Waals surface area contributed by atoms with Crippen LogP contribution in [-0.4, -0.2) is 71.8 Å². The monoisotopic (exact) mass is 535 g/mol. The van der Waals surface area contributed by atoms with E-state index < -0.39 is 10.0 Å². The highest BCUT2D eigenvalue weighted by molar-refractivity contribution is 7.88. The maximum Gasteiger partial charge on any atom is 0.323 e. The highest BCUT2D eigenvalue weighted by atomic mass is 32.2. The molecule has 3 aliphatic heterocycles. The molecule has 11 nitrogen and oxygen atoms in total. The van der Waals surface area contributed by atoms with Crippen molar-refractivity contribution in [2.75, 3.05) is 41.4 Å². The third-order valence-electron chi connectivity index (χ3n) is 7.14. The molecule has 5 heterocycles. The maximum atomic E-state index is 12.3. The molecule has 2 saturated heterocycles. The number of ether oxygens (including phenoxy) is 1. The van der Waals surface area contributed by atoms with Crippen LogP contribution in [0.3, 0.4) is 0 Å². The van der Waals surface area contributed by atoms with Gasteiger partial charge in [-0.05, 0) is 55.7 Å². The molecule has 2 aromatic heterocycles. The first-order valence-electron chi connectivity index (χ1n) is 12.7. The Morgan fingerprint density at radius 3 is 2.45 bits per heavy atom. The van der Waals surface area contributed by atoms with Gasteiger partial charge in [0.05, 0.1) is 42.6 Å². The van der Waals surface area contributed by atoms with Crippen LogP contribution in [0.2, 0.25) is 0 Å². The lowest BCUT2D eigenvalue weighted by Gasteiger charge is -2.36. The second kappa shape index (κ2) is 9.93. The van der Waals surface area contributed by atoms with E-state index in [2.05, 4.69) is 20.5 Å². The van der Waals surface area contributed by atoms with Crippen molar-refractivity contribution in [1.82, 2.24) is 19.3 Å². The maximum absolute atomic E-state index is 12.3. The number of rotatable bonds is 5. The Labute approximate surface area is 221 Å². The van der Waals surface area contributed by atoms with Crippen LogP contribution in [0, 0.1) is 0 Å². The van der Waals surface area contributed by atoms with E-state index in [1.165, 1.54) is 10.6 Å². The molecule has 38 heavy (non-hydrogen) atoms. The summed E-state index contributed by atoms with van der Waals surface area (Å²) in [5, 5.41) is 5.54. The molecule has 3 aromatic rings. The van der Waals surface area contributed by atoms with E-state index in [1.54, 1.807) is 36.7 Å². The van der Waals surface area contributed by atoms with E-state index in [1.807, 2.05) is 12.1 Å². The smallest absolute Gasteiger partial charge is 0.323 e. The number of urea groups is 1. The quantitative estimate of drug-likeness (QED) is 0.510. The number of amides is 2. The van der Waals surface area contributed by atoms with Gasteiger partial charge in [0.1, 0.15) is 5.82 Å². The van der Waals surface area contributed by atoms with Gasteiger partial charge in [0.15, 0.2) is 5.82 Å². The van der Waals surface area contributed by atoms with Crippen molar-refractivity contribution >= 4 is 33.2 Å². The minimum Gasteiger partial charge on any atom is -0.371 e. The molecule has 1 aromatic carbocycles. The van der Waals surface area contributed by atoms with E-state index >= 15 is 0 Å². The minimum absolute atomic E-state index is 0.196. The number of nitrogens with one attached hydrogen (secondary N) is 2. The predicted octanol–water partition coefficient (Wildman–Crippen LogP) is 2.87. The lowest BCUT2D eigenvalue weighted by molar-refractivity contribution is 0.0301. The van der Waals surface area contributed by atoms with Gasteiger partial charge >= 0.3 is 6.03 Å². The number of carbonyl (C=O) groups excluding carboxylic acids is 1. The normalized spacial score (nSPS) is 21.1. The molecule has 2 bridgehead atoms. The van der Waals surface area contributed by atoms with Gasteiger partial charge in [-0.1, -0.05) is 0 Å². The van der Waals surface area contributed by atoms with Gasteiger partial charge < -0.3 is 20.3 Å². The van der Waals surface area contributed by atoms with E-state index in [4.69, 9.17) is 14.7 Å². The first-order valence-corrected chi connectivity index (χ1v) is 14.5. The number of nitrogens with zero attached hydrogens (tertiary/aromatic N) is 5. The van der Waals surface area contributed by atoms with Crippen LogP contribution >= 0.6 is 0 Å². The van der Waals surface area contributed by atoms with Crippen LogP contribution in [0.1, 0.15) is 24.1 Å². The van der Waals surface area contributed by atoms with Gasteiger partial charge in [-0.2, -0.15) is 4.31 Å². The van der Waals surface area contributed by atoms with E-state index in [0.717, 1.165) is 48.6 Å². The van der Waals surface area contributed by atoms with Gasteiger partial charge in [-0.25, -0.2) is 23.2 Å². The van der Waals surface area contributed by atoms with E-state index in [0.29, 0.717) is 30.2 Å². The number of pyridine rings is 1. The summed E-state index contributed by atoms with van der Waals surface area (Å²) in [6, 6.07) is 10.4. The second-order valence-electron chi connectivity index (χ2n) is 9.90. The second-order valence-corrected chi connectivity index (χ2v) is 11.9. The van der Waals surface area contributed by atoms with Crippen LogP contribution in [0.5, 0.6) is 0 Å². The zero-order valence-electron chi connectivity index (χ0n) is 21.0. The third-order valence-corrected chi connectivity index (χ3v) is 8.39. The molecule has 3 aliphatic rings. The van der Waals surface area contributed by atoms with E-state index in [9.17, 15) is 13.2 Å². The van der Waals surface area contributed by atoms with Gasteiger partial charge in [0, 0.05) is 42.6 Å². The number of sulfonamides is 1. The topological polar surface area (TPSA) is 130 Å². The number of morpholine rings is 1. The number of benzene rings is 1. The number of fused-ring (bicyclic) bond motifs is 3. The number of hydrogen-bond donors (Lipinski definition) is 2. The van der Waals surface area contributed by atoms with Crippen molar-refractivity contribution in [3.8, 4) is 11.4 Å². The summed E-state index contributed by atoms with van der Waals surface area (Å²) in [5.41, 5.74) is 3.73. The molecule has 2 fully saturated rings. The van der Waals surface area contributed by atoms with Crippen LogP contribution in [0.25, 0.3) is 11.4 Å². The van der Waals surface area contributed by atoms with Crippen LogP contribution in [0.15, 0.2) is 48.8 Å². The molecule has 0 saturated carbocycles. The van der Waals surface area contributed by atoms with Crippen molar-refractivity contribution < 1.29 is 17.9 Å². The third kappa shape index (κ3) is 5.19. The Bertz CT molecular complexity index is 1440. The summed E-state index contributed by atoms with van der Waals surface area (Å²) in [5.74, 6) is 1.40. The first-order chi connectivity index (χ1) is 18.3. The number of carbonyl (C=O) groups is 1. The van der Waals surface area contributed by atoms with Crippen molar-refractivity contribution in [2.45, 2.75) is 38.0 Å². The largest absolute Gasteiger partial charge is 0.371 e. The van der Waals surface area contributed by atoms with Crippen LogP contribution in [0.4, 0.5) is 22.0 Å². The fourth-order valence-corrected chi connectivity index (χ4v) is 6.06. The molecule has 2 atom stereocenters. The molecular formula is C26H29N7O4S. The molecule has 2 unspecified atom stereocenters.